The maximum atomic E-state index is 13.2. The number of hydrogen-bond donors (Lipinski definition) is 1. The highest BCUT2D eigenvalue weighted by atomic mass is 19.1. The van der Waals surface area contributed by atoms with E-state index in [2.05, 4.69) is 31.0 Å². The fourth-order valence-corrected chi connectivity index (χ4v) is 3.05. The van der Waals surface area contributed by atoms with E-state index in [0.29, 0.717) is 18.0 Å². The Labute approximate surface area is 122 Å². The van der Waals surface area contributed by atoms with Gasteiger partial charge in [-0.05, 0) is 36.5 Å². The highest BCUT2D eigenvalue weighted by Crippen LogP contribution is 2.17. The SMILES string of the molecule is CCC1CN(CCc2cccc(F)c2)C(C(C)C)CN1. The van der Waals surface area contributed by atoms with E-state index in [-0.39, 0.29) is 5.82 Å². The minimum Gasteiger partial charge on any atom is -0.311 e. The van der Waals surface area contributed by atoms with E-state index in [9.17, 15) is 4.39 Å². The van der Waals surface area contributed by atoms with Gasteiger partial charge in [0.2, 0.25) is 0 Å². The molecule has 1 N–H and O–H groups in total. The van der Waals surface area contributed by atoms with E-state index in [1.807, 2.05) is 6.07 Å². The molecule has 2 rings (SSSR count). The third kappa shape index (κ3) is 4.03. The molecule has 0 bridgehead atoms. The van der Waals surface area contributed by atoms with Gasteiger partial charge in [-0.3, -0.25) is 4.90 Å². The quantitative estimate of drug-likeness (QED) is 0.890. The molecule has 0 radical (unpaired) electrons. The largest absolute Gasteiger partial charge is 0.311 e. The van der Waals surface area contributed by atoms with Gasteiger partial charge in [0, 0.05) is 31.7 Å². The van der Waals surface area contributed by atoms with Crippen molar-refractivity contribution in [1.82, 2.24) is 10.2 Å². The van der Waals surface area contributed by atoms with Gasteiger partial charge >= 0.3 is 0 Å². The van der Waals surface area contributed by atoms with Crippen LogP contribution in [0.1, 0.15) is 32.8 Å². The number of rotatable bonds is 5. The predicted molar refractivity (Wildman–Crippen MR) is 82.4 cm³/mol. The summed E-state index contributed by atoms with van der Waals surface area (Å²) in [5, 5.41) is 3.64. The Kier molecular flexibility index (Phi) is 5.55. The zero-order valence-electron chi connectivity index (χ0n) is 12.9. The molecule has 20 heavy (non-hydrogen) atoms. The predicted octanol–water partition coefficient (Wildman–Crippen LogP) is 3.08. The van der Waals surface area contributed by atoms with Crippen molar-refractivity contribution >= 4 is 0 Å². The zero-order valence-corrected chi connectivity index (χ0v) is 12.9. The van der Waals surface area contributed by atoms with Crippen molar-refractivity contribution in [3.63, 3.8) is 0 Å². The van der Waals surface area contributed by atoms with Crippen LogP contribution in [-0.2, 0) is 6.42 Å². The third-order valence-corrected chi connectivity index (χ3v) is 4.38. The van der Waals surface area contributed by atoms with Crippen LogP contribution in [0.2, 0.25) is 0 Å². The lowest BCUT2D eigenvalue weighted by Crippen LogP contribution is -2.58. The van der Waals surface area contributed by atoms with Crippen molar-refractivity contribution in [3.05, 3.63) is 35.6 Å². The molecule has 0 saturated carbocycles. The van der Waals surface area contributed by atoms with Gasteiger partial charge in [0.1, 0.15) is 5.82 Å². The van der Waals surface area contributed by atoms with Crippen molar-refractivity contribution in [3.8, 4) is 0 Å². The first-order chi connectivity index (χ1) is 9.60. The summed E-state index contributed by atoms with van der Waals surface area (Å²) in [7, 11) is 0. The summed E-state index contributed by atoms with van der Waals surface area (Å²) in [5.74, 6) is 0.516. The topological polar surface area (TPSA) is 15.3 Å². The minimum absolute atomic E-state index is 0.130. The van der Waals surface area contributed by atoms with Crippen LogP contribution in [-0.4, -0.2) is 36.6 Å². The molecule has 0 spiro atoms. The lowest BCUT2D eigenvalue weighted by Gasteiger charge is -2.42. The molecule has 1 aromatic carbocycles. The molecule has 1 aromatic rings. The van der Waals surface area contributed by atoms with Crippen LogP contribution in [0.15, 0.2) is 24.3 Å². The lowest BCUT2D eigenvalue weighted by atomic mass is 9.97. The minimum atomic E-state index is -0.130. The molecule has 112 valence electrons. The van der Waals surface area contributed by atoms with Gasteiger partial charge in [0.25, 0.3) is 0 Å². The molecule has 1 heterocycles. The molecular formula is C17H27FN2. The average Bonchev–Trinajstić information content (AvgIpc) is 2.44. The van der Waals surface area contributed by atoms with E-state index in [1.54, 1.807) is 12.1 Å². The van der Waals surface area contributed by atoms with Crippen LogP contribution in [0, 0.1) is 11.7 Å². The normalized spacial score (nSPS) is 24.2. The van der Waals surface area contributed by atoms with Crippen molar-refractivity contribution < 1.29 is 4.39 Å². The van der Waals surface area contributed by atoms with Crippen molar-refractivity contribution in [2.24, 2.45) is 5.92 Å². The lowest BCUT2D eigenvalue weighted by molar-refractivity contribution is 0.0985. The molecule has 1 aliphatic heterocycles. The Bertz CT molecular complexity index is 419. The van der Waals surface area contributed by atoms with E-state index in [1.165, 1.54) is 12.5 Å². The van der Waals surface area contributed by atoms with Gasteiger partial charge in [-0.25, -0.2) is 4.39 Å². The monoisotopic (exact) mass is 278 g/mol. The second kappa shape index (κ2) is 7.19. The van der Waals surface area contributed by atoms with E-state index in [4.69, 9.17) is 0 Å². The Balaban J connectivity index is 1.96. The number of nitrogens with zero attached hydrogens (tertiary/aromatic N) is 1. The molecule has 2 atom stereocenters. The van der Waals surface area contributed by atoms with E-state index < -0.39 is 0 Å². The number of halogens is 1. The van der Waals surface area contributed by atoms with Crippen LogP contribution >= 0.6 is 0 Å². The number of benzene rings is 1. The summed E-state index contributed by atoms with van der Waals surface area (Å²) in [6, 6.07) is 8.18. The Hall–Kier alpha value is -0.930. The summed E-state index contributed by atoms with van der Waals surface area (Å²) >= 11 is 0. The smallest absolute Gasteiger partial charge is 0.123 e. The Morgan fingerprint density at radius 1 is 1.40 bits per heavy atom. The molecule has 1 aliphatic rings. The number of nitrogens with one attached hydrogen (secondary N) is 1. The molecule has 2 unspecified atom stereocenters. The van der Waals surface area contributed by atoms with E-state index in [0.717, 1.165) is 31.6 Å². The number of piperazine rings is 1. The summed E-state index contributed by atoms with van der Waals surface area (Å²) in [6.45, 7) is 10.00. The van der Waals surface area contributed by atoms with Gasteiger partial charge in [0.05, 0.1) is 0 Å². The van der Waals surface area contributed by atoms with Crippen molar-refractivity contribution in [2.75, 3.05) is 19.6 Å². The second-order valence-electron chi connectivity index (χ2n) is 6.20. The standard InChI is InChI=1S/C17H27FN2/c1-4-16-12-20(17(11-19-16)13(2)3)9-8-14-6-5-7-15(18)10-14/h5-7,10,13,16-17,19H,4,8-9,11-12H2,1-3H3. The zero-order chi connectivity index (χ0) is 14.5. The average molecular weight is 278 g/mol. The Morgan fingerprint density at radius 3 is 2.85 bits per heavy atom. The van der Waals surface area contributed by atoms with Crippen LogP contribution in [0.4, 0.5) is 4.39 Å². The van der Waals surface area contributed by atoms with Gasteiger partial charge in [0.15, 0.2) is 0 Å². The summed E-state index contributed by atoms with van der Waals surface area (Å²) in [5.41, 5.74) is 1.10. The number of hydrogen-bond acceptors (Lipinski definition) is 2. The molecule has 3 heteroatoms. The first-order valence-corrected chi connectivity index (χ1v) is 7.82. The summed E-state index contributed by atoms with van der Waals surface area (Å²) < 4.78 is 13.2. The summed E-state index contributed by atoms with van der Waals surface area (Å²) in [6.07, 6.45) is 2.10. The highest BCUT2D eigenvalue weighted by Gasteiger charge is 2.28. The molecule has 2 nitrogen and oxygen atoms in total. The molecular weight excluding hydrogens is 251 g/mol. The van der Waals surface area contributed by atoms with Gasteiger partial charge < -0.3 is 5.32 Å². The molecule has 0 aromatic heterocycles. The van der Waals surface area contributed by atoms with Crippen molar-refractivity contribution in [2.45, 2.75) is 45.7 Å². The fourth-order valence-electron chi connectivity index (χ4n) is 3.05. The summed E-state index contributed by atoms with van der Waals surface area (Å²) in [4.78, 5) is 2.58. The third-order valence-electron chi connectivity index (χ3n) is 4.38. The van der Waals surface area contributed by atoms with Crippen LogP contribution in [0.3, 0.4) is 0 Å². The van der Waals surface area contributed by atoms with Gasteiger partial charge in [-0.1, -0.05) is 32.9 Å². The van der Waals surface area contributed by atoms with Crippen LogP contribution < -0.4 is 5.32 Å². The molecule has 1 saturated heterocycles. The van der Waals surface area contributed by atoms with E-state index >= 15 is 0 Å². The maximum absolute atomic E-state index is 13.2. The molecule has 1 fully saturated rings. The van der Waals surface area contributed by atoms with Crippen LogP contribution in [0.5, 0.6) is 0 Å². The first kappa shape index (κ1) is 15.5. The second-order valence-corrected chi connectivity index (χ2v) is 6.20. The fraction of sp³-hybridized carbons (Fsp3) is 0.647. The van der Waals surface area contributed by atoms with Crippen LogP contribution in [0.25, 0.3) is 0 Å². The maximum Gasteiger partial charge on any atom is 0.123 e. The van der Waals surface area contributed by atoms with Gasteiger partial charge in [-0.2, -0.15) is 0 Å². The molecule has 0 aliphatic carbocycles. The molecule has 0 amide bonds. The van der Waals surface area contributed by atoms with Gasteiger partial charge in [-0.15, -0.1) is 0 Å². The first-order valence-electron chi connectivity index (χ1n) is 7.82. The highest BCUT2D eigenvalue weighted by molar-refractivity contribution is 5.16. The Morgan fingerprint density at radius 2 is 2.20 bits per heavy atom. The van der Waals surface area contributed by atoms with Crippen molar-refractivity contribution in [1.29, 1.82) is 0 Å².